The Morgan fingerprint density at radius 2 is 2.23 bits per heavy atom. The number of nitrogens with one attached hydrogen (secondary N) is 1. The molecule has 2 fully saturated rings. The van der Waals surface area contributed by atoms with Crippen molar-refractivity contribution in [3.8, 4) is 6.07 Å². The summed E-state index contributed by atoms with van der Waals surface area (Å²) >= 11 is 3.26. The smallest absolute Gasteiger partial charge is 0.273 e. The van der Waals surface area contributed by atoms with E-state index in [4.69, 9.17) is 4.99 Å². The van der Waals surface area contributed by atoms with Crippen molar-refractivity contribution < 1.29 is 9.28 Å². The van der Waals surface area contributed by atoms with Gasteiger partial charge in [0.25, 0.3) is 5.91 Å². The Balaban J connectivity index is 1.43. The molecule has 0 spiro atoms. The van der Waals surface area contributed by atoms with Crippen molar-refractivity contribution in [1.29, 1.82) is 5.26 Å². The second kappa shape index (κ2) is 8.55. The average Bonchev–Trinajstić information content (AvgIpc) is 3.39. The van der Waals surface area contributed by atoms with E-state index in [0.29, 0.717) is 28.9 Å². The zero-order valence-electron chi connectivity index (χ0n) is 19.6. The summed E-state index contributed by atoms with van der Waals surface area (Å²) in [4.78, 5) is 27.1. The molecule has 0 radical (unpaired) electrons. The highest BCUT2D eigenvalue weighted by Crippen LogP contribution is 2.68. The molecule has 4 aliphatic rings. The van der Waals surface area contributed by atoms with Crippen molar-refractivity contribution in [1.82, 2.24) is 9.88 Å². The summed E-state index contributed by atoms with van der Waals surface area (Å²) in [5, 5.41) is 14.5. The van der Waals surface area contributed by atoms with E-state index in [9.17, 15) is 10.1 Å². The largest absolute Gasteiger partial charge is 0.384 e. The number of hydrogen-bond acceptors (Lipinski definition) is 7. The first-order valence-corrected chi connectivity index (χ1v) is 13.4. The van der Waals surface area contributed by atoms with Crippen molar-refractivity contribution in [2.75, 3.05) is 25.5 Å². The Labute approximate surface area is 213 Å². The van der Waals surface area contributed by atoms with Crippen molar-refractivity contribution in [3.05, 3.63) is 74.4 Å². The number of fused-ring (bicyclic) bond motifs is 1. The van der Waals surface area contributed by atoms with Gasteiger partial charge in [-0.15, -0.1) is 0 Å². The van der Waals surface area contributed by atoms with Gasteiger partial charge in [0.15, 0.2) is 10.2 Å². The fourth-order valence-corrected chi connectivity index (χ4v) is 8.06. The summed E-state index contributed by atoms with van der Waals surface area (Å²) < 4.78 is 0.777. The molecule has 2 atom stereocenters. The number of aliphatic imine (C=N–C) groups is 1. The SMILES string of the molecule is CCNc1ccc(C#N)cc1N=C1SC(=C2SC3=C4C3CCC[N+]24C)C(=O)N1Cc1cccnc1. The molecule has 1 aliphatic carbocycles. The molecule has 35 heavy (non-hydrogen) atoms. The monoisotopic (exact) mass is 501 g/mol. The molecule has 3 aliphatic heterocycles. The highest BCUT2D eigenvalue weighted by Gasteiger charge is 2.63. The van der Waals surface area contributed by atoms with Crippen LogP contribution in [0.5, 0.6) is 0 Å². The van der Waals surface area contributed by atoms with Crippen LogP contribution in [0.15, 0.2) is 68.3 Å². The van der Waals surface area contributed by atoms with Crippen LogP contribution in [0.2, 0.25) is 0 Å². The summed E-state index contributed by atoms with van der Waals surface area (Å²) in [7, 11) is 2.25. The first-order valence-electron chi connectivity index (χ1n) is 11.8. The molecule has 2 unspecified atom stereocenters. The lowest BCUT2D eigenvalue weighted by molar-refractivity contribution is -0.826. The van der Waals surface area contributed by atoms with Gasteiger partial charge in [-0.3, -0.25) is 19.2 Å². The highest BCUT2D eigenvalue weighted by molar-refractivity contribution is 8.19. The van der Waals surface area contributed by atoms with E-state index in [1.165, 1.54) is 35.2 Å². The van der Waals surface area contributed by atoms with E-state index in [1.807, 2.05) is 25.1 Å². The number of aromatic nitrogens is 1. The lowest BCUT2D eigenvalue weighted by Gasteiger charge is -2.36. The molecule has 2 saturated heterocycles. The molecule has 0 bridgehead atoms. The van der Waals surface area contributed by atoms with Gasteiger partial charge < -0.3 is 5.32 Å². The maximum absolute atomic E-state index is 13.9. The number of rotatable bonds is 5. The minimum absolute atomic E-state index is 0.00878. The van der Waals surface area contributed by atoms with Crippen LogP contribution in [0.3, 0.4) is 0 Å². The molecule has 1 aromatic heterocycles. The molecule has 176 valence electrons. The predicted octanol–water partition coefficient (Wildman–Crippen LogP) is 5.15. The number of anilines is 1. The van der Waals surface area contributed by atoms with E-state index >= 15 is 0 Å². The average molecular weight is 502 g/mol. The quantitative estimate of drug-likeness (QED) is 0.451. The van der Waals surface area contributed by atoms with Gasteiger partial charge in [-0.1, -0.05) is 6.07 Å². The zero-order chi connectivity index (χ0) is 24.2. The molecular weight excluding hydrogens is 476 g/mol. The molecule has 4 heterocycles. The number of carbonyl (C=O) groups excluding carboxylic acids is 1. The summed E-state index contributed by atoms with van der Waals surface area (Å²) in [5.41, 5.74) is 4.50. The van der Waals surface area contributed by atoms with E-state index in [-0.39, 0.29) is 5.91 Å². The molecule has 1 N–H and O–H groups in total. The third kappa shape index (κ3) is 3.68. The van der Waals surface area contributed by atoms with Crippen molar-refractivity contribution >= 4 is 46.0 Å². The second-order valence-corrected chi connectivity index (χ2v) is 11.2. The van der Waals surface area contributed by atoms with Crippen molar-refractivity contribution in [2.45, 2.75) is 26.3 Å². The maximum Gasteiger partial charge on any atom is 0.273 e. The number of quaternary nitrogens is 1. The maximum atomic E-state index is 13.9. The van der Waals surface area contributed by atoms with Crippen LogP contribution in [0.4, 0.5) is 11.4 Å². The van der Waals surface area contributed by atoms with Crippen LogP contribution < -0.4 is 5.32 Å². The molecule has 0 saturated carbocycles. The van der Waals surface area contributed by atoms with Crippen LogP contribution >= 0.6 is 23.5 Å². The highest BCUT2D eigenvalue weighted by atomic mass is 32.2. The molecule has 6 rings (SSSR count). The number of allylic oxidation sites excluding steroid dienone is 2. The standard InChI is InChI=1S/C26H25N6OS2/c1-3-29-19-9-8-16(13-27)12-20(19)30-26-31(15-17-6-4-10-28-14-17)24(33)23(35-26)25-32(2)11-5-7-18-21(32)22(18)34-25/h4,6,8-10,12,14,18,29H,3,5,7,11,15H2,1-2H3/q+1. The van der Waals surface area contributed by atoms with Gasteiger partial charge in [-0.25, -0.2) is 4.99 Å². The molecule has 1 amide bonds. The number of amides is 1. The number of pyridine rings is 1. The predicted molar refractivity (Wildman–Crippen MR) is 140 cm³/mol. The summed E-state index contributed by atoms with van der Waals surface area (Å²) in [6.45, 7) is 4.19. The zero-order valence-corrected chi connectivity index (χ0v) is 21.2. The van der Waals surface area contributed by atoms with E-state index in [0.717, 1.165) is 38.8 Å². The molecule has 2 aromatic rings. The number of nitrogens with zero attached hydrogens (tertiary/aromatic N) is 5. The van der Waals surface area contributed by atoms with Gasteiger partial charge >= 0.3 is 0 Å². The molecule has 7 nitrogen and oxygen atoms in total. The van der Waals surface area contributed by atoms with Gasteiger partial charge in [-0.2, -0.15) is 5.26 Å². The number of nitriles is 1. The summed E-state index contributed by atoms with van der Waals surface area (Å²) in [6.07, 6.45) is 5.95. The molecule has 9 heteroatoms. The fraction of sp³-hybridized carbons (Fsp3) is 0.308. The Hall–Kier alpha value is -3.06. The molecule has 1 aromatic carbocycles. The molecular formula is C26H25N6OS2+. The van der Waals surface area contributed by atoms with E-state index in [1.54, 1.807) is 41.2 Å². The minimum Gasteiger partial charge on any atom is -0.384 e. The Kier molecular flexibility index (Phi) is 5.48. The van der Waals surface area contributed by atoms with Crippen molar-refractivity contribution in [3.63, 3.8) is 0 Å². The van der Waals surface area contributed by atoms with Crippen LogP contribution in [0.1, 0.15) is 30.9 Å². The second-order valence-electron chi connectivity index (χ2n) is 9.22. The van der Waals surface area contributed by atoms with Crippen molar-refractivity contribution in [2.24, 2.45) is 10.9 Å². The van der Waals surface area contributed by atoms with E-state index < -0.39 is 0 Å². The van der Waals surface area contributed by atoms with Gasteiger partial charge in [0.2, 0.25) is 0 Å². The van der Waals surface area contributed by atoms with Crippen LogP contribution in [0, 0.1) is 17.2 Å². The topological polar surface area (TPSA) is 81.4 Å². The van der Waals surface area contributed by atoms with Gasteiger partial charge in [0, 0.05) is 18.9 Å². The van der Waals surface area contributed by atoms with Crippen LogP contribution in [-0.4, -0.2) is 45.6 Å². The first kappa shape index (κ1) is 22.4. The summed E-state index contributed by atoms with van der Waals surface area (Å²) in [5.74, 6) is 0.631. The number of carbonyl (C=O) groups is 1. The Morgan fingerprint density at radius 3 is 3.00 bits per heavy atom. The number of benzene rings is 1. The third-order valence-electron chi connectivity index (χ3n) is 6.93. The van der Waals surface area contributed by atoms with Gasteiger partial charge in [0.1, 0.15) is 10.6 Å². The van der Waals surface area contributed by atoms with Gasteiger partial charge in [-0.05, 0) is 73.1 Å². The third-order valence-corrected chi connectivity index (χ3v) is 9.64. The van der Waals surface area contributed by atoms with Crippen LogP contribution in [0.25, 0.3) is 0 Å². The van der Waals surface area contributed by atoms with Gasteiger partial charge in [0.05, 0.1) is 54.0 Å². The minimum atomic E-state index is -0.00878. The first-order chi connectivity index (χ1) is 17.0. The number of amidine groups is 1. The van der Waals surface area contributed by atoms with Crippen LogP contribution in [-0.2, 0) is 11.3 Å². The number of hydrogen-bond donors (Lipinski definition) is 1. The van der Waals surface area contributed by atoms with E-state index in [2.05, 4.69) is 23.4 Å². The Morgan fingerprint density at radius 1 is 1.34 bits per heavy atom. The Bertz CT molecular complexity index is 1380. The fourth-order valence-electron chi connectivity index (χ4n) is 5.20. The number of thioether (sulfide) groups is 2. The number of piperidine rings is 1. The summed E-state index contributed by atoms with van der Waals surface area (Å²) in [6, 6.07) is 11.5. The lowest BCUT2D eigenvalue weighted by atomic mass is 10.1. The normalized spacial score (nSPS) is 27.9. The lowest BCUT2D eigenvalue weighted by Crippen LogP contribution is -2.43.